The van der Waals surface area contributed by atoms with Crippen molar-refractivity contribution in [3.05, 3.63) is 34.9 Å². The number of amides is 1. The number of benzene rings is 1. The van der Waals surface area contributed by atoms with Crippen LogP contribution in [0.5, 0.6) is 0 Å². The maximum absolute atomic E-state index is 12.4. The normalized spacial score (nSPS) is 18.4. The lowest BCUT2D eigenvalue weighted by molar-refractivity contribution is 0.0735. The summed E-state index contributed by atoms with van der Waals surface area (Å²) >= 11 is 0. The van der Waals surface area contributed by atoms with Gasteiger partial charge in [0.2, 0.25) is 0 Å². The molecule has 0 bridgehead atoms. The molecule has 1 saturated heterocycles. The Kier molecular flexibility index (Phi) is 4.80. The van der Waals surface area contributed by atoms with Gasteiger partial charge < -0.3 is 15.5 Å². The smallest absolute Gasteiger partial charge is 0.253 e. The minimum atomic E-state index is 0. The van der Waals surface area contributed by atoms with Gasteiger partial charge in [-0.25, -0.2) is 0 Å². The summed E-state index contributed by atoms with van der Waals surface area (Å²) in [4.78, 5) is 14.3. The molecule has 0 aliphatic carbocycles. The van der Waals surface area contributed by atoms with Crippen LogP contribution in [-0.4, -0.2) is 43.5 Å². The third-order valence-electron chi connectivity index (χ3n) is 3.74. The summed E-state index contributed by atoms with van der Waals surface area (Å²) in [5.74, 6) is 0.179. The SMILES string of the molecule is Cl.O=C(c1ccc2c(c1)CCNC2)N1CCNCC1. The number of halogens is 1. The van der Waals surface area contributed by atoms with Gasteiger partial charge in [0.15, 0.2) is 0 Å². The van der Waals surface area contributed by atoms with E-state index < -0.39 is 0 Å². The predicted octanol–water partition coefficient (Wildman–Crippen LogP) is 0.799. The molecule has 1 aromatic rings. The van der Waals surface area contributed by atoms with E-state index in [1.165, 1.54) is 11.1 Å². The highest BCUT2D eigenvalue weighted by atomic mass is 35.5. The molecular formula is C14H20ClN3O. The highest BCUT2D eigenvalue weighted by molar-refractivity contribution is 5.94. The fourth-order valence-electron chi connectivity index (χ4n) is 2.66. The zero-order chi connectivity index (χ0) is 12.4. The van der Waals surface area contributed by atoms with E-state index in [0.29, 0.717) is 0 Å². The van der Waals surface area contributed by atoms with Crippen LogP contribution in [0.4, 0.5) is 0 Å². The molecule has 2 heterocycles. The third-order valence-corrected chi connectivity index (χ3v) is 3.74. The minimum Gasteiger partial charge on any atom is -0.336 e. The Hall–Kier alpha value is -1.10. The molecule has 0 saturated carbocycles. The summed E-state index contributed by atoms with van der Waals surface area (Å²) in [6, 6.07) is 6.15. The molecule has 5 heteroatoms. The zero-order valence-electron chi connectivity index (χ0n) is 10.9. The number of nitrogens with zero attached hydrogens (tertiary/aromatic N) is 1. The van der Waals surface area contributed by atoms with Crippen molar-refractivity contribution in [3.8, 4) is 0 Å². The number of rotatable bonds is 1. The maximum atomic E-state index is 12.4. The first-order chi connectivity index (χ1) is 8.84. The fraction of sp³-hybridized carbons (Fsp3) is 0.500. The first-order valence-corrected chi connectivity index (χ1v) is 6.67. The lowest BCUT2D eigenvalue weighted by Crippen LogP contribution is -2.46. The Labute approximate surface area is 120 Å². The van der Waals surface area contributed by atoms with E-state index in [9.17, 15) is 4.79 Å². The van der Waals surface area contributed by atoms with Gasteiger partial charge in [0, 0.05) is 38.3 Å². The molecule has 1 amide bonds. The predicted molar refractivity (Wildman–Crippen MR) is 77.9 cm³/mol. The molecule has 0 unspecified atom stereocenters. The molecule has 19 heavy (non-hydrogen) atoms. The van der Waals surface area contributed by atoms with Gasteiger partial charge in [-0.05, 0) is 36.2 Å². The van der Waals surface area contributed by atoms with Crippen molar-refractivity contribution in [1.82, 2.24) is 15.5 Å². The van der Waals surface area contributed by atoms with Gasteiger partial charge in [-0.1, -0.05) is 6.07 Å². The average Bonchev–Trinajstić information content (AvgIpc) is 2.47. The number of carbonyl (C=O) groups excluding carboxylic acids is 1. The average molecular weight is 282 g/mol. The van der Waals surface area contributed by atoms with E-state index in [0.717, 1.165) is 51.3 Å². The van der Waals surface area contributed by atoms with Gasteiger partial charge in [0.05, 0.1) is 0 Å². The van der Waals surface area contributed by atoms with Crippen LogP contribution < -0.4 is 10.6 Å². The summed E-state index contributed by atoms with van der Waals surface area (Å²) in [6.45, 7) is 5.38. The highest BCUT2D eigenvalue weighted by Crippen LogP contribution is 2.17. The van der Waals surface area contributed by atoms with E-state index in [2.05, 4.69) is 22.8 Å². The second-order valence-electron chi connectivity index (χ2n) is 4.95. The van der Waals surface area contributed by atoms with Crippen LogP contribution in [0.2, 0.25) is 0 Å². The van der Waals surface area contributed by atoms with Crippen molar-refractivity contribution in [2.45, 2.75) is 13.0 Å². The lowest BCUT2D eigenvalue weighted by atomic mass is 9.98. The van der Waals surface area contributed by atoms with E-state index in [-0.39, 0.29) is 18.3 Å². The van der Waals surface area contributed by atoms with Crippen molar-refractivity contribution in [1.29, 1.82) is 0 Å². The summed E-state index contributed by atoms with van der Waals surface area (Å²) in [5.41, 5.74) is 3.50. The summed E-state index contributed by atoms with van der Waals surface area (Å²) in [5, 5.41) is 6.62. The van der Waals surface area contributed by atoms with E-state index in [4.69, 9.17) is 0 Å². The molecule has 0 spiro atoms. The van der Waals surface area contributed by atoms with Crippen LogP contribution in [0.15, 0.2) is 18.2 Å². The second kappa shape index (κ2) is 6.37. The molecule has 0 radical (unpaired) electrons. The Morgan fingerprint density at radius 3 is 2.63 bits per heavy atom. The van der Waals surface area contributed by atoms with Gasteiger partial charge in [-0.2, -0.15) is 0 Å². The monoisotopic (exact) mass is 281 g/mol. The first-order valence-electron chi connectivity index (χ1n) is 6.67. The van der Waals surface area contributed by atoms with Crippen molar-refractivity contribution in [3.63, 3.8) is 0 Å². The van der Waals surface area contributed by atoms with Gasteiger partial charge in [-0.15, -0.1) is 12.4 Å². The van der Waals surface area contributed by atoms with Gasteiger partial charge >= 0.3 is 0 Å². The molecule has 104 valence electrons. The van der Waals surface area contributed by atoms with Gasteiger partial charge in [-0.3, -0.25) is 4.79 Å². The number of piperazine rings is 1. The molecular weight excluding hydrogens is 262 g/mol. The number of carbonyl (C=O) groups is 1. The Balaban J connectivity index is 0.00000133. The fourth-order valence-corrected chi connectivity index (χ4v) is 2.66. The Morgan fingerprint density at radius 1 is 1.05 bits per heavy atom. The molecule has 0 aromatic heterocycles. The third kappa shape index (κ3) is 3.08. The van der Waals surface area contributed by atoms with Crippen LogP contribution in [0.25, 0.3) is 0 Å². The van der Waals surface area contributed by atoms with Crippen LogP contribution >= 0.6 is 12.4 Å². The van der Waals surface area contributed by atoms with Crippen LogP contribution in [-0.2, 0) is 13.0 Å². The Morgan fingerprint density at radius 2 is 1.84 bits per heavy atom. The van der Waals surface area contributed by atoms with Crippen molar-refractivity contribution >= 4 is 18.3 Å². The molecule has 2 aliphatic heterocycles. The van der Waals surface area contributed by atoms with Crippen LogP contribution in [0, 0.1) is 0 Å². The molecule has 2 N–H and O–H groups in total. The zero-order valence-corrected chi connectivity index (χ0v) is 11.8. The molecule has 3 rings (SSSR count). The van der Waals surface area contributed by atoms with E-state index >= 15 is 0 Å². The van der Waals surface area contributed by atoms with Crippen LogP contribution in [0.3, 0.4) is 0 Å². The molecule has 4 nitrogen and oxygen atoms in total. The largest absolute Gasteiger partial charge is 0.336 e. The first kappa shape index (κ1) is 14.3. The standard InChI is InChI=1S/C14H19N3O.ClH/c18-14(17-7-5-15-6-8-17)12-1-2-13-10-16-4-3-11(13)9-12;/h1-2,9,15-16H,3-8,10H2;1H. The summed E-state index contributed by atoms with van der Waals surface area (Å²) in [7, 11) is 0. The van der Waals surface area contributed by atoms with Crippen molar-refractivity contribution < 1.29 is 4.79 Å². The number of fused-ring (bicyclic) bond motifs is 1. The van der Waals surface area contributed by atoms with E-state index in [1.807, 2.05) is 11.0 Å². The van der Waals surface area contributed by atoms with Crippen molar-refractivity contribution in [2.24, 2.45) is 0 Å². The second-order valence-corrected chi connectivity index (χ2v) is 4.95. The minimum absolute atomic E-state index is 0. The molecule has 2 aliphatic rings. The summed E-state index contributed by atoms with van der Waals surface area (Å²) < 4.78 is 0. The van der Waals surface area contributed by atoms with E-state index in [1.54, 1.807) is 0 Å². The number of nitrogens with one attached hydrogen (secondary N) is 2. The quantitative estimate of drug-likeness (QED) is 0.800. The summed E-state index contributed by atoms with van der Waals surface area (Å²) in [6.07, 6.45) is 1.03. The molecule has 0 atom stereocenters. The molecule has 1 aromatic carbocycles. The number of hydrogen-bond donors (Lipinski definition) is 2. The van der Waals surface area contributed by atoms with Crippen LogP contribution in [0.1, 0.15) is 21.5 Å². The topological polar surface area (TPSA) is 44.4 Å². The highest BCUT2D eigenvalue weighted by Gasteiger charge is 2.19. The van der Waals surface area contributed by atoms with Crippen molar-refractivity contribution in [2.75, 3.05) is 32.7 Å². The lowest BCUT2D eigenvalue weighted by Gasteiger charge is -2.28. The van der Waals surface area contributed by atoms with Gasteiger partial charge in [0.25, 0.3) is 5.91 Å². The molecule has 1 fully saturated rings. The Bertz CT molecular complexity index is 458. The van der Waals surface area contributed by atoms with Gasteiger partial charge in [0.1, 0.15) is 0 Å². The number of hydrogen-bond acceptors (Lipinski definition) is 3. The maximum Gasteiger partial charge on any atom is 0.253 e.